The number of imidazole rings is 1. The molecule has 0 fully saturated rings. The molecule has 0 aliphatic rings. The zero-order chi connectivity index (χ0) is 22.2. The van der Waals surface area contributed by atoms with Gasteiger partial charge in [-0.3, -0.25) is 4.79 Å². The number of ether oxygens (including phenoxy) is 1. The van der Waals surface area contributed by atoms with Gasteiger partial charge in [-0.25, -0.2) is 15.0 Å². The molecule has 158 valence electrons. The molecular formula is C21H16ClF2N5O2. The van der Waals surface area contributed by atoms with Crippen molar-refractivity contribution in [3.63, 3.8) is 0 Å². The highest BCUT2D eigenvalue weighted by Gasteiger charge is 2.27. The summed E-state index contributed by atoms with van der Waals surface area (Å²) < 4.78 is 31.6. The number of anilines is 1. The Morgan fingerprint density at radius 1 is 1.16 bits per heavy atom. The van der Waals surface area contributed by atoms with Crippen LogP contribution in [0.3, 0.4) is 0 Å². The second-order valence-corrected chi connectivity index (χ2v) is 7.20. The van der Waals surface area contributed by atoms with Crippen LogP contribution in [0.15, 0.2) is 55.1 Å². The number of amides is 1. The van der Waals surface area contributed by atoms with Crippen LogP contribution >= 0.6 is 11.6 Å². The summed E-state index contributed by atoms with van der Waals surface area (Å²) in [6.45, 7) is 1.87. The standard InChI is InChI=1S/C21H16ClF2N5O2/c1-12-27-19-17(14-9-25-11-26-10-14)7-13(8-18(19)29(12)2)20(30)28-15-3-5-16(6-4-15)31-21(22,23)24/h3-11H,1-2H3,(H,28,30). The van der Waals surface area contributed by atoms with Gasteiger partial charge in [0.05, 0.1) is 11.0 Å². The minimum atomic E-state index is -3.81. The van der Waals surface area contributed by atoms with Crippen molar-refractivity contribution in [2.45, 2.75) is 12.5 Å². The highest BCUT2D eigenvalue weighted by molar-refractivity contribution is 6.20. The van der Waals surface area contributed by atoms with Gasteiger partial charge in [0.15, 0.2) is 0 Å². The van der Waals surface area contributed by atoms with Crippen molar-refractivity contribution in [1.82, 2.24) is 19.5 Å². The normalized spacial score (nSPS) is 11.5. The Balaban J connectivity index is 1.68. The van der Waals surface area contributed by atoms with Crippen molar-refractivity contribution in [2.24, 2.45) is 7.05 Å². The van der Waals surface area contributed by atoms with Crippen LogP contribution in [0.4, 0.5) is 14.5 Å². The molecule has 1 N–H and O–H groups in total. The number of rotatable bonds is 5. The Morgan fingerprint density at radius 3 is 2.48 bits per heavy atom. The molecule has 0 saturated carbocycles. The van der Waals surface area contributed by atoms with Gasteiger partial charge >= 0.3 is 5.57 Å². The molecule has 0 radical (unpaired) electrons. The molecule has 7 nitrogen and oxygen atoms in total. The van der Waals surface area contributed by atoms with Crippen LogP contribution < -0.4 is 10.1 Å². The van der Waals surface area contributed by atoms with Gasteiger partial charge in [0, 0.05) is 53.4 Å². The number of hydrogen-bond donors (Lipinski definition) is 1. The third kappa shape index (κ3) is 4.46. The van der Waals surface area contributed by atoms with E-state index in [1.807, 2.05) is 18.5 Å². The first-order valence-electron chi connectivity index (χ1n) is 9.11. The molecule has 2 aromatic heterocycles. The van der Waals surface area contributed by atoms with E-state index in [1.165, 1.54) is 30.6 Å². The first-order chi connectivity index (χ1) is 14.7. The minimum absolute atomic E-state index is 0.129. The monoisotopic (exact) mass is 443 g/mol. The maximum absolute atomic E-state index is 12.9. The molecule has 2 heterocycles. The van der Waals surface area contributed by atoms with Crippen LogP contribution in [-0.2, 0) is 7.05 Å². The third-order valence-electron chi connectivity index (χ3n) is 4.69. The van der Waals surface area contributed by atoms with Crippen molar-refractivity contribution in [2.75, 3.05) is 5.32 Å². The number of aryl methyl sites for hydroxylation is 2. The summed E-state index contributed by atoms with van der Waals surface area (Å²) >= 11 is 4.76. The minimum Gasteiger partial charge on any atom is -0.420 e. The van der Waals surface area contributed by atoms with E-state index in [2.05, 4.69) is 25.0 Å². The number of benzene rings is 2. The lowest BCUT2D eigenvalue weighted by Crippen LogP contribution is -2.16. The van der Waals surface area contributed by atoms with Gasteiger partial charge in [-0.2, -0.15) is 0 Å². The fourth-order valence-corrected chi connectivity index (χ4v) is 3.23. The summed E-state index contributed by atoms with van der Waals surface area (Å²) in [5, 5.41) is 2.74. The Kier molecular flexibility index (Phi) is 5.28. The molecule has 4 rings (SSSR count). The van der Waals surface area contributed by atoms with Crippen LogP contribution in [0.25, 0.3) is 22.2 Å². The summed E-state index contributed by atoms with van der Waals surface area (Å²) in [6, 6.07) is 8.90. The summed E-state index contributed by atoms with van der Waals surface area (Å²) in [5.74, 6) is 0.281. The molecule has 10 heteroatoms. The Morgan fingerprint density at radius 2 is 1.84 bits per heavy atom. The fourth-order valence-electron chi connectivity index (χ4n) is 3.14. The number of nitrogens with one attached hydrogen (secondary N) is 1. The highest BCUT2D eigenvalue weighted by Crippen LogP contribution is 2.30. The molecule has 1 amide bonds. The van der Waals surface area contributed by atoms with Crippen LogP contribution in [0, 0.1) is 6.92 Å². The topological polar surface area (TPSA) is 81.9 Å². The maximum Gasteiger partial charge on any atom is 0.487 e. The van der Waals surface area contributed by atoms with E-state index in [-0.39, 0.29) is 11.7 Å². The van der Waals surface area contributed by atoms with Gasteiger partial charge in [0.25, 0.3) is 5.91 Å². The van der Waals surface area contributed by atoms with Gasteiger partial charge in [0.1, 0.15) is 17.9 Å². The number of hydrogen-bond acceptors (Lipinski definition) is 5. The summed E-state index contributed by atoms with van der Waals surface area (Å²) in [7, 11) is 1.86. The number of carbonyl (C=O) groups is 1. The lowest BCUT2D eigenvalue weighted by molar-refractivity contribution is -0.0964. The van der Waals surface area contributed by atoms with E-state index in [4.69, 9.17) is 11.6 Å². The van der Waals surface area contributed by atoms with Gasteiger partial charge in [0.2, 0.25) is 0 Å². The van der Waals surface area contributed by atoms with Crippen LogP contribution in [0.5, 0.6) is 5.75 Å². The lowest BCUT2D eigenvalue weighted by atomic mass is 10.0. The first-order valence-corrected chi connectivity index (χ1v) is 9.49. The van der Waals surface area contributed by atoms with Crippen LogP contribution in [0.1, 0.15) is 16.2 Å². The lowest BCUT2D eigenvalue weighted by Gasteiger charge is -2.12. The van der Waals surface area contributed by atoms with Crippen molar-refractivity contribution in [3.8, 4) is 16.9 Å². The SMILES string of the molecule is Cc1nc2c(-c3cncnc3)cc(C(=O)Nc3ccc(OC(F)(F)Cl)cc3)cc2n1C. The molecule has 0 bridgehead atoms. The number of nitrogens with zero attached hydrogens (tertiary/aromatic N) is 4. The number of halogens is 3. The van der Waals surface area contributed by atoms with Crippen molar-refractivity contribution >= 4 is 34.2 Å². The molecule has 0 aliphatic heterocycles. The average molecular weight is 444 g/mol. The molecule has 0 spiro atoms. The molecule has 0 atom stereocenters. The van der Waals surface area contributed by atoms with Gasteiger partial charge < -0.3 is 14.6 Å². The molecule has 31 heavy (non-hydrogen) atoms. The van der Waals surface area contributed by atoms with E-state index in [1.54, 1.807) is 24.5 Å². The first kappa shape index (κ1) is 20.7. The zero-order valence-corrected chi connectivity index (χ0v) is 17.2. The number of carbonyl (C=O) groups excluding carboxylic acids is 1. The van der Waals surface area contributed by atoms with Crippen molar-refractivity contribution in [3.05, 3.63) is 66.5 Å². The van der Waals surface area contributed by atoms with Crippen molar-refractivity contribution in [1.29, 1.82) is 0 Å². The summed E-state index contributed by atoms with van der Waals surface area (Å²) in [5.41, 5.74) is -0.0577. The van der Waals surface area contributed by atoms with E-state index in [9.17, 15) is 13.6 Å². The van der Waals surface area contributed by atoms with E-state index >= 15 is 0 Å². The average Bonchev–Trinajstić information content (AvgIpc) is 3.02. The molecule has 0 unspecified atom stereocenters. The fraction of sp³-hybridized carbons (Fsp3) is 0.143. The molecule has 2 aromatic carbocycles. The Bertz CT molecular complexity index is 1250. The van der Waals surface area contributed by atoms with Gasteiger partial charge in [-0.15, -0.1) is 8.78 Å². The van der Waals surface area contributed by atoms with Gasteiger partial charge in [-0.1, -0.05) is 0 Å². The number of aromatic nitrogens is 4. The predicted octanol–water partition coefficient (Wildman–Crippen LogP) is 4.76. The van der Waals surface area contributed by atoms with Gasteiger partial charge in [-0.05, 0) is 43.3 Å². The molecule has 4 aromatic rings. The third-order valence-corrected chi connectivity index (χ3v) is 4.77. The molecular weight excluding hydrogens is 428 g/mol. The van der Waals surface area contributed by atoms with Crippen molar-refractivity contribution < 1.29 is 18.3 Å². The summed E-state index contributed by atoms with van der Waals surface area (Å²) in [6.07, 6.45) is 4.73. The van der Waals surface area contributed by atoms with E-state index in [0.717, 1.165) is 28.0 Å². The largest absolute Gasteiger partial charge is 0.487 e. The molecule has 0 saturated heterocycles. The highest BCUT2D eigenvalue weighted by atomic mass is 35.5. The predicted molar refractivity (Wildman–Crippen MR) is 112 cm³/mol. The molecule has 0 aliphatic carbocycles. The smallest absolute Gasteiger partial charge is 0.420 e. The second-order valence-electron chi connectivity index (χ2n) is 6.76. The second kappa shape index (κ2) is 7.92. The zero-order valence-electron chi connectivity index (χ0n) is 16.4. The maximum atomic E-state index is 12.9. The van der Waals surface area contributed by atoms with Crippen LogP contribution in [0.2, 0.25) is 0 Å². The quantitative estimate of drug-likeness (QED) is 0.450. The van der Waals surface area contributed by atoms with Crippen LogP contribution in [-0.4, -0.2) is 31.0 Å². The van der Waals surface area contributed by atoms with E-state index < -0.39 is 5.57 Å². The van der Waals surface area contributed by atoms with E-state index in [0.29, 0.717) is 11.3 Å². The Labute approximate surface area is 180 Å². The Hall–Kier alpha value is -3.59. The number of fused-ring (bicyclic) bond motifs is 1. The summed E-state index contributed by atoms with van der Waals surface area (Å²) in [4.78, 5) is 25.6. The number of alkyl halides is 3.